The molecule has 2 unspecified atom stereocenters. The molecule has 0 aliphatic carbocycles. The third-order valence-corrected chi connectivity index (χ3v) is 5.78. The topological polar surface area (TPSA) is 88.8 Å². The van der Waals surface area contributed by atoms with Gasteiger partial charge in [-0.25, -0.2) is 4.99 Å². The van der Waals surface area contributed by atoms with Crippen molar-refractivity contribution in [3.05, 3.63) is 88.0 Å². The maximum atomic E-state index is 10.9. The smallest absolute Gasteiger partial charge is 0.269 e. The van der Waals surface area contributed by atoms with Crippen LogP contribution < -0.4 is 10.6 Å². The fourth-order valence-electron chi connectivity index (χ4n) is 3.80. The zero-order valence-corrected chi connectivity index (χ0v) is 18.2. The summed E-state index contributed by atoms with van der Waals surface area (Å²) >= 11 is 0. The van der Waals surface area contributed by atoms with Crippen molar-refractivity contribution in [3.63, 3.8) is 0 Å². The molecule has 2 atom stereocenters. The van der Waals surface area contributed by atoms with E-state index in [9.17, 15) is 10.1 Å². The standard InChI is InChI=1S/C25H28N4O3/c1-18(22-9-8-21-4-2-3-5-23(21)14-22)28-25(27-16-20-12-13-32-17-20)26-15-19-6-10-24(11-7-19)29(30)31/h2-11,14,18,20H,12-13,15-17H2,1H3,(H2,26,27,28). The Bertz CT molecular complexity index is 1090. The van der Waals surface area contributed by atoms with Gasteiger partial charge in [-0.15, -0.1) is 0 Å². The van der Waals surface area contributed by atoms with Gasteiger partial charge in [-0.2, -0.15) is 0 Å². The maximum Gasteiger partial charge on any atom is 0.269 e. The summed E-state index contributed by atoms with van der Waals surface area (Å²) in [5.41, 5.74) is 2.18. The molecule has 32 heavy (non-hydrogen) atoms. The zero-order chi connectivity index (χ0) is 22.3. The number of fused-ring (bicyclic) bond motifs is 1. The zero-order valence-electron chi connectivity index (χ0n) is 18.2. The van der Waals surface area contributed by atoms with Crippen molar-refractivity contribution in [3.8, 4) is 0 Å². The molecule has 0 radical (unpaired) electrons. The van der Waals surface area contributed by atoms with E-state index >= 15 is 0 Å². The molecule has 1 saturated heterocycles. The molecule has 1 aliphatic rings. The Labute approximate surface area is 187 Å². The molecule has 4 rings (SSSR count). The first-order valence-corrected chi connectivity index (χ1v) is 10.9. The number of nitrogens with zero attached hydrogens (tertiary/aromatic N) is 2. The highest BCUT2D eigenvalue weighted by Gasteiger charge is 2.17. The third kappa shape index (κ3) is 5.62. The number of nitro benzene ring substituents is 1. The van der Waals surface area contributed by atoms with Crippen LogP contribution in [0.25, 0.3) is 10.8 Å². The first-order chi connectivity index (χ1) is 15.6. The minimum Gasteiger partial charge on any atom is -0.381 e. The van der Waals surface area contributed by atoms with Crippen LogP contribution in [0.5, 0.6) is 0 Å². The van der Waals surface area contributed by atoms with Crippen LogP contribution in [-0.4, -0.2) is 30.6 Å². The number of nitrogens with one attached hydrogen (secondary N) is 2. The number of hydrogen-bond acceptors (Lipinski definition) is 4. The summed E-state index contributed by atoms with van der Waals surface area (Å²) in [6.45, 7) is 4.91. The molecule has 1 aliphatic heterocycles. The minimum absolute atomic E-state index is 0.0579. The van der Waals surface area contributed by atoms with E-state index in [0.717, 1.165) is 37.7 Å². The third-order valence-electron chi connectivity index (χ3n) is 5.78. The molecule has 3 aromatic carbocycles. The van der Waals surface area contributed by atoms with Crippen molar-refractivity contribution in [2.24, 2.45) is 10.9 Å². The summed E-state index contributed by atoms with van der Waals surface area (Å²) in [4.78, 5) is 15.2. The minimum atomic E-state index is -0.392. The van der Waals surface area contributed by atoms with Crippen molar-refractivity contribution in [2.75, 3.05) is 19.8 Å². The number of non-ortho nitro benzene ring substituents is 1. The number of nitro groups is 1. The molecular weight excluding hydrogens is 404 g/mol. The number of hydrogen-bond donors (Lipinski definition) is 2. The van der Waals surface area contributed by atoms with Crippen molar-refractivity contribution < 1.29 is 9.66 Å². The second-order valence-corrected chi connectivity index (χ2v) is 8.17. The quantitative estimate of drug-likeness (QED) is 0.247. The lowest BCUT2D eigenvalue weighted by Gasteiger charge is -2.20. The molecular formula is C25H28N4O3. The highest BCUT2D eigenvalue weighted by atomic mass is 16.6. The van der Waals surface area contributed by atoms with Gasteiger partial charge in [0.15, 0.2) is 5.96 Å². The Balaban J connectivity index is 1.47. The van der Waals surface area contributed by atoms with Gasteiger partial charge in [0.25, 0.3) is 5.69 Å². The molecule has 1 fully saturated rings. The van der Waals surface area contributed by atoms with Gasteiger partial charge < -0.3 is 15.4 Å². The van der Waals surface area contributed by atoms with Crippen molar-refractivity contribution in [1.29, 1.82) is 0 Å². The second-order valence-electron chi connectivity index (χ2n) is 8.17. The highest BCUT2D eigenvalue weighted by Crippen LogP contribution is 2.20. The largest absolute Gasteiger partial charge is 0.381 e. The van der Waals surface area contributed by atoms with Crippen LogP contribution in [0.1, 0.15) is 30.5 Å². The average Bonchev–Trinajstić information content (AvgIpc) is 3.34. The van der Waals surface area contributed by atoms with E-state index in [-0.39, 0.29) is 11.7 Å². The summed E-state index contributed by atoms with van der Waals surface area (Å²) in [6.07, 6.45) is 1.04. The van der Waals surface area contributed by atoms with Crippen LogP contribution in [0.15, 0.2) is 71.7 Å². The summed E-state index contributed by atoms with van der Waals surface area (Å²) in [6, 6.07) is 21.4. The van der Waals surface area contributed by atoms with Gasteiger partial charge >= 0.3 is 0 Å². The van der Waals surface area contributed by atoms with E-state index in [1.54, 1.807) is 12.1 Å². The van der Waals surface area contributed by atoms with Crippen LogP contribution in [0.4, 0.5) is 5.69 Å². The van der Waals surface area contributed by atoms with Gasteiger partial charge in [0.05, 0.1) is 24.1 Å². The molecule has 7 heteroatoms. The van der Waals surface area contributed by atoms with E-state index in [4.69, 9.17) is 9.73 Å². The highest BCUT2D eigenvalue weighted by molar-refractivity contribution is 5.84. The van der Waals surface area contributed by atoms with Crippen molar-refractivity contribution >= 4 is 22.4 Å². The van der Waals surface area contributed by atoms with Crippen LogP contribution in [0, 0.1) is 16.0 Å². The van der Waals surface area contributed by atoms with Crippen LogP contribution >= 0.6 is 0 Å². The molecule has 0 saturated carbocycles. The van der Waals surface area contributed by atoms with Gasteiger partial charge in [0, 0.05) is 31.2 Å². The summed E-state index contributed by atoms with van der Waals surface area (Å²) < 4.78 is 5.49. The van der Waals surface area contributed by atoms with Gasteiger partial charge in [-0.3, -0.25) is 10.1 Å². The van der Waals surface area contributed by atoms with Gasteiger partial charge in [-0.1, -0.05) is 48.5 Å². The van der Waals surface area contributed by atoms with Gasteiger partial charge in [0.1, 0.15) is 0 Å². The maximum absolute atomic E-state index is 10.9. The predicted octanol–water partition coefficient (Wildman–Crippen LogP) is 4.58. The predicted molar refractivity (Wildman–Crippen MR) is 127 cm³/mol. The molecule has 2 N–H and O–H groups in total. The number of ether oxygens (including phenoxy) is 1. The van der Waals surface area contributed by atoms with E-state index in [0.29, 0.717) is 12.5 Å². The molecule has 3 aromatic rings. The van der Waals surface area contributed by atoms with Gasteiger partial charge in [-0.05, 0) is 41.3 Å². The SMILES string of the molecule is CC(NC(=NCc1ccc([N+](=O)[O-])cc1)NCC1CCOC1)c1ccc2ccccc2c1. The summed E-state index contributed by atoms with van der Waals surface area (Å²) in [7, 11) is 0. The molecule has 1 heterocycles. The Kier molecular flexibility index (Phi) is 6.97. The first-order valence-electron chi connectivity index (χ1n) is 10.9. The van der Waals surface area contributed by atoms with Crippen LogP contribution in [0.2, 0.25) is 0 Å². The molecule has 166 valence electrons. The average molecular weight is 433 g/mol. The van der Waals surface area contributed by atoms with Crippen molar-refractivity contribution in [2.45, 2.75) is 25.9 Å². The van der Waals surface area contributed by atoms with Crippen molar-refractivity contribution in [1.82, 2.24) is 10.6 Å². The number of benzene rings is 3. The lowest BCUT2D eigenvalue weighted by molar-refractivity contribution is -0.384. The lowest BCUT2D eigenvalue weighted by Crippen LogP contribution is -2.41. The Morgan fingerprint density at radius 2 is 1.94 bits per heavy atom. The summed E-state index contributed by atoms with van der Waals surface area (Å²) in [5.74, 6) is 1.19. The van der Waals surface area contributed by atoms with E-state index < -0.39 is 4.92 Å². The molecule has 0 spiro atoms. The number of guanidine groups is 1. The summed E-state index contributed by atoms with van der Waals surface area (Å²) in [5, 5.41) is 20.3. The van der Waals surface area contributed by atoms with Crippen LogP contribution in [0.3, 0.4) is 0 Å². The molecule has 0 amide bonds. The van der Waals surface area contributed by atoms with E-state index in [1.165, 1.54) is 28.5 Å². The molecule has 7 nitrogen and oxygen atoms in total. The Morgan fingerprint density at radius 1 is 1.16 bits per heavy atom. The fourth-order valence-corrected chi connectivity index (χ4v) is 3.80. The Hall–Kier alpha value is -3.45. The lowest BCUT2D eigenvalue weighted by atomic mass is 10.0. The van der Waals surface area contributed by atoms with E-state index in [2.05, 4.69) is 47.9 Å². The monoisotopic (exact) mass is 432 g/mol. The van der Waals surface area contributed by atoms with Gasteiger partial charge in [0.2, 0.25) is 0 Å². The van der Waals surface area contributed by atoms with E-state index in [1.807, 2.05) is 12.1 Å². The number of rotatable bonds is 7. The number of aliphatic imine (C=N–C) groups is 1. The molecule has 0 bridgehead atoms. The van der Waals surface area contributed by atoms with Crippen LogP contribution in [-0.2, 0) is 11.3 Å². The second kappa shape index (κ2) is 10.2. The normalized spacial score (nSPS) is 17.3. The Morgan fingerprint density at radius 3 is 2.66 bits per heavy atom. The first kappa shape index (κ1) is 21.8. The fraction of sp³-hybridized carbons (Fsp3) is 0.320. The molecule has 0 aromatic heterocycles.